The molecule has 19 heavy (non-hydrogen) atoms. The molecule has 0 saturated heterocycles. The number of carbonyl (C=O) groups excluding carboxylic acids is 1. The molecule has 2 amide bonds. The van der Waals surface area contributed by atoms with Crippen LogP contribution in [0.4, 0.5) is 4.79 Å². The van der Waals surface area contributed by atoms with E-state index >= 15 is 0 Å². The monoisotopic (exact) mass is 274 g/mol. The van der Waals surface area contributed by atoms with Crippen LogP contribution in [-0.4, -0.2) is 53.4 Å². The summed E-state index contributed by atoms with van der Waals surface area (Å²) >= 11 is 0. The van der Waals surface area contributed by atoms with Crippen molar-refractivity contribution in [1.29, 1.82) is 0 Å². The molecule has 0 rings (SSSR count). The number of amides is 2. The number of carbonyl (C=O) groups is 2. The molecule has 0 aliphatic heterocycles. The average Bonchev–Trinajstić information content (AvgIpc) is 2.31. The first-order chi connectivity index (χ1) is 8.90. The second-order valence-electron chi connectivity index (χ2n) is 5.08. The van der Waals surface area contributed by atoms with Gasteiger partial charge >= 0.3 is 12.0 Å². The standard InChI is InChI=1S/C13H26N2O4/c1-4-15(5-6-16)13(19)14-9-11(7-10(2)3)8-12(17)18/h10-11,16H,4-9H2,1-3H3,(H,14,19)(H,17,18). The van der Waals surface area contributed by atoms with E-state index in [1.165, 1.54) is 4.90 Å². The SMILES string of the molecule is CCN(CCO)C(=O)NCC(CC(=O)O)CC(C)C. The lowest BCUT2D eigenvalue weighted by molar-refractivity contribution is -0.138. The molecule has 0 saturated carbocycles. The van der Waals surface area contributed by atoms with E-state index in [1.54, 1.807) is 0 Å². The molecule has 0 fully saturated rings. The highest BCUT2D eigenvalue weighted by molar-refractivity contribution is 5.74. The molecular weight excluding hydrogens is 248 g/mol. The summed E-state index contributed by atoms with van der Waals surface area (Å²) in [5.41, 5.74) is 0. The first-order valence-corrected chi connectivity index (χ1v) is 6.76. The molecular formula is C13H26N2O4. The van der Waals surface area contributed by atoms with Crippen molar-refractivity contribution < 1.29 is 19.8 Å². The van der Waals surface area contributed by atoms with E-state index in [2.05, 4.69) is 5.32 Å². The van der Waals surface area contributed by atoms with E-state index in [0.29, 0.717) is 19.0 Å². The quantitative estimate of drug-likeness (QED) is 0.588. The molecule has 0 heterocycles. The average molecular weight is 274 g/mol. The smallest absolute Gasteiger partial charge is 0.317 e. The van der Waals surface area contributed by atoms with Gasteiger partial charge in [0.25, 0.3) is 0 Å². The lowest BCUT2D eigenvalue weighted by Crippen LogP contribution is -2.43. The normalized spacial score (nSPS) is 12.3. The summed E-state index contributed by atoms with van der Waals surface area (Å²) in [5, 5.41) is 20.4. The lowest BCUT2D eigenvalue weighted by atomic mass is 9.94. The molecule has 0 aromatic carbocycles. The lowest BCUT2D eigenvalue weighted by Gasteiger charge is -2.23. The zero-order valence-electron chi connectivity index (χ0n) is 12.1. The minimum atomic E-state index is -0.845. The highest BCUT2D eigenvalue weighted by Crippen LogP contribution is 2.14. The summed E-state index contributed by atoms with van der Waals surface area (Å²) in [6, 6.07) is -0.254. The van der Waals surface area contributed by atoms with Crippen LogP contribution < -0.4 is 5.32 Å². The van der Waals surface area contributed by atoms with Gasteiger partial charge in [0, 0.05) is 26.1 Å². The number of likely N-dealkylation sites (N-methyl/N-ethyl adjacent to an activating group) is 1. The molecule has 3 N–H and O–H groups in total. The number of aliphatic hydroxyl groups excluding tert-OH is 1. The molecule has 6 heteroatoms. The fourth-order valence-electron chi connectivity index (χ4n) is 2.02. The van der Waals surface area contributed by atoms with Crippen LogP contribution in [0.2, 0.25) is 0 Å². The van der Waals surface area contributed by atoms with Crippen molar-refractivity contribution in [1.82, 2.24) is 10.2 Å². The maximum atomic E-state index is 11.8. The van der Waals surface area contributed by atoms with Gasteiger partial charge in [-0.3, -0.25) is 4.79 Å². The van der Waals surface area contributed by atoms with Crippen LogP contribution in [0.5, 0.6) is 0 Å². The predicted molar refractivity (Wildman–Crippen MR) is 72.9 cm³/mol. The Labute approximate surface area is 114 Å². The van der Waals surface area contributed by atoms with Crippen molar-refractivity contribution in [2.45, 2.75) is 33.6 Å². The summed E-state index contributed by atoms with van der Waals surface area (Å²) in [7, 11) is 0. The zero-order chi connectivity index (χ0) is 14.8. The number of aliphatic hydroxyl groups is 1. The number of aliphatic carboxylic acids is 1. The van der Waals surface area contributed by atoms with Crippen molar-refractivity contribution in [3.63, 3.8) is 0 Å². The van der Waals surface area contributed by atoms with Crippen molar-refractivity contribution in [2.24, 2.45) is 11.8 Å². The fraction of sp³-hybridized carbons (Fsp3) is 0.846. The molecule has 1 atom stereocenters. The summed E-state index contributed by atoms with van der Waals surface area (Å²) in [6.45, 7) is 6.97. The summed E-state index contributed by atoms with van der Waals surface area (Å²) in [5.74, 6) is -0.516. The molecule has 0 bridgehead atoms. The Morgan fingerprint density at radius 1 is 1.32 bits per heavy atom. The summed E-state index contributed by atoms with van der Waals surface area (Å²) < 4.78 is 0. The molecule has 0 aromatic rings. The predicted octanol–water partition coefficient (Wildman–Crippen LogP) is 1.15. The van der Waals surface area contributed by atoms with Crippen molar-refractivity contribution in [3.05, 3.63) is 0 Å². The highest BCUT2D eigenvalue weighted by Gasteiger charge is 2.17. The highest BCUT2D eigenvalue weighted by atomic mass is 16.4. The van der Waals surface area contributed by atoms with E-state index in [9.17, 15) is 9.59 Å². The Bertz CT molecular complexity index is 282. The van der Waals surface area contributed by atoms with Gasteiger partial charge in [-0.15, -0.1) is 0 Å². The maximum Gasteiger partial charge on any atom is 0.317 e. The second kappa shape index (κ2) is 9.61. The van der Waals surface area contributed by atoms with Gasteiger partial charge in [0.2, 0.25) is 0 Å². The van der Waals surface area contributed by atoms with E-state index in [0.717, 1.165) is 6.42 Å². The Morgan fingerprint density at radius 2 is 1.95 bits per heavy atom. The van der Waals surface area contributed by atoms with Gasteiger partial charge < -0.3 is 20.4 Å². The van der Waals surface area contributed by atoms with Crippen LogP contribution in [0.15, 0.2) is 0 Å². The van der Waals surface area contributed by atoms with Gasteiger partial charge in [-0.25, -0.2) is 4.79 Å². The first kappa shape index (κ1) is 17.7. The van der Waals surface area contributed by atoms with E-state index in [-0.39, 0.29) is 31.5 Å². The summed E-state index contributed by atoms with van der Waals surface area (Å²) in [6.07, 6.45) is 0.823. The number of carboxylic acids is 1. The number of urea groups is 1. The number of hydrogen-bond acceptors (Lipinski definition) is 3. The van der Waals surface area contributed by atoms with Crippen LogP contribution in [0.1, 0.15) is 33.6 Å². The number of nitrogens with zero attached hydrogens (tertiary/aromatic N) is 1. The third kappa shape index (κ3) is 8.42. The minimum absolute atomic E-state index is 0.0601. The van der Waals surface area contributed by atoms with Crippen LogP contribution in [-0.2, 0) is 4.79 Å². The molecule has 0 aliphatic carbocycles. The number of hydrogen-bond donors (Lipinski definition) is 3. The molecule has 0 spiro atoms. The van der Waals surface area contributed by atoms with E-state index in [1.807, 2.05) is 20.8 Å². The zero-order valence-corrected chi connectivity index (χ0v) is 12.1. The minimum Gasteiger partial charge on any atom is -0.481 e. The van der Waals surface area contributed by atoms with Gasteiger partial charge in [0.05, 0.1) is 6.61 Å². The van der Waals surface area contributed by atoms with Crippen molar-refractivity contribution in [2.75, 3.05) is 26.2 Å². The van der Waals surface area contributed by atoms with Crippen LogP contribution >= 0.6 is 0 Å². The number of carboxylic acid groups (broad SMARTS) is 1. The van der Waals surface area contributed by atoms with Crippen LogP contribution in [0.3, 0.4) is 0 Å². The second-order valence-corrected chi connectivity index (χ2v) is 5.08. The van der Waals surface area contributed by atoms with E-state index < -0.39 is 5.97 Å². The van der Waals surface area contributed by atoms with Crippen molar-refractivity contribution >= 4 is 12.0 Å². The number of rotatable bonds is 9. The molecule has 6 nitrogen and oxygen atoms in total. The Balaban J connectivity index is 4.28. The van der Waals surface area contributed by atoms with Gasteiger partial charge in [-0.05, 0) is 25.2 Å². The van der Waals surface area contributed by atoms with Gasteiger partial charge in [-0.1, -0.05) is 13.8 Å². The van der Waals surface area contributed by atoms with Crippen LogP contribution in [0.25, 0.3) is 0 Å². The Kier molecular flexibility index (Phi) is 8.95. The molecule has 0 aromatic heterocycles. The van der Waals surface area contributed by atoms with E-state index in [4.69, 9.17) is 10.2 Å². The van der Waals surface area contributed by atoms with Crippen molar-refractivity contribution in [3.8, 4) is 0 Å². The largest absolute Gasteiger partial charge is 0.481 e. The molecule has 0 radical (unpaired) electrons. The third-order valence-corrected chi connectivity index (χ3v) is 2.85. The number of nitrogens with one attached hydrogen (secondary N) is 1. The molecule has 0 aliphatic rings. The Hall–Kier alpha value is -1.30. The maximum absolute atomic E-state index is 11.8. The fourth-order valence-corrected chi connectivity index (χ4v) is 2.02. The first-order valence-electron chi connectivity index (χ1n) is 6.76. The van der Waals surface area contributed by atoms with Gasteiger partial charge in [0.1, 0.15) is 0 Å². The third-order valence-electron chi connectivity index (χ3n) is 2.85. The Morgan fingerprint density at radius 3 is 2.37 bits per heavy atom. The molecule has 112 valence electrons. The van der Waals surface area contributed by atoms with Gasteiger partial charge in [-0.2, -0.15) is 0 Å². The summed E-state index contributed by atoms with van der Waals surface area (Å²) in [4.78, 5) is 24.1. The van der Waals surface area contributed by atoms with Crippen LogP contribution in [0, 0.1) is 11.8 Å². The molecule has 1 unspecified atom stereocenters. The topological polar surface area (TPSA) is 89.9 Å². The van der Waals surface area contributed by atoms with Gasteiger partial charge in [0.15, 0.2) is 0 Å².